The van der Waals surface area contributed by atoms with Crippen LogP contribution < -0.4 is 5.32 Å². The van der Waals surface area contributed by atoms with Crippen molar-refractivity contribution in [3.8, 4) is 0 Å². The van der Waals surface area contributed by atoms with Crippen LogP contribution in [0.3, 0.4) is 0 Å². The molecule has 2 aromatic rings. The van der Waals surface area contributed by atoms with Crippen LogP contribution in [0.4, 0.5) is 5.13 Å². The monoisotopic (exact) mass is 343 g/mol. The largest absolute Gasteiger partial charge is 0.377 e. The van der Waals surface area contributed by atoms with Crippen LogP contribution in [-0.2, 0) is 16.1 Å². The fourth-order valence-corrected chi connectivity index (χ4v) is 2.62. The summed E-state index contributed by atoms with van der Waals surface area (Å²) in [4.78, 5) is 11.8. The SMILES string of the molecule is COCc1nnc(NC(=O)/C=C/c2ccc(Cl)cc2Cl)s1. The van der Waals surface area contributed by atoms with Crippen molar-refractivity contribution in [1.29, 1.82) is 0 Å². The highest BCUT2D eigenvalue weighted by atomic mass is 35.5. The van der Waals surface area contributed by atoms with Gasteiger partial charge in [0.2, 0.25) is 11.0 Å². The molecule has 2 rings (SSSR count). The lowest BCUT2D eigenvalue weighted by Gasteiger charge is -1.99. The molecule has 5 nitrogen and oxygen atoms in total. The number of ether oxygens (including phenoxy) is 1. The lowest BCUT2D eigenvalue weighted by Crippen LogP contribution is -2.07. The molecule has 110 valence electrons. The topological polar surface area (TPSA) is 64.1 Å². The van der Waals surface area contributed by atoms with Crippen LogP contribution in [0.1, 0.15) is 10.6 Å². The first-order chi connectivity index (χ1) is 10.1. The first-order valence-electron chi connectivity index (χ1n) is 5.84. The van der Waals surface area contributed by atoms with Gasteiger partial charge in [0.25, 0.3) is 0 Å². The summed E-state index contributed by atoms with van der Waals surface area (Å²) in [6.45, 7) is 0.365. The zero-order valence-electron chi connectivity index (χ0n) is 11.0. The standard InChI is InChI=1S/C13H11Cl2N3O2S/c1-20-7-12-17-18-13(21-12)16-11(19)5-3-8-2-4-9(14)6-10(8)15/h2-6H,7H2,1H3,(H,16,18,19)/b5-3+. The lowest BCUT2D eigenvalue weighted by atomic mass is 10.2. The molecule has 0 aliphatic carbocycles. The highest BCUT2D eigenvalue weighted by Gasteiger charge is 2.06. The Morgan fingerprint density at radius 3 is 2.95 bits per heavy atom. The van der Waals surface area contributed by atoms with Gasteiger partial charge in [0, 0.05) is 23.2 Å². The summed E-state index contributed by atoms with van der Waals surface area (Å²) in [5.74, 6) is -0.318. The van der Waals surface area contributed by atoms with E-state index in [1.54, 1.807) is 31.4 Å². The number of carbonyl (C=O) groups excluding carboxylic acids is 1. The molecule has 0 unspecified atom stereocenters. The summed E-state index contributed by atoms with van der Waals surface area (Å²) < 4.78 is 4.93. The Bertz CT molecular complexity index is 673. The summed E-state index contributed by atoms with van der Waals surface area (Å²) in [7, 11) is 1.57. The van der Waals surface area contributed by atoms with Crippen molar-refractivity contribution in [2.45, 2.75) is 6.61 Å². The van der Waals surface area contributed by atoms with E-state index in [9.17, 15) is 4.79 Å². The Kier molecular flexibility index (Phi) is 5.69. The summed E-state index contributed by atoms with van der Waals surface area (Å²) in [5.41, 5.74) is 0.702. The quantitative estimate of drug-likeness (QED) is 0.841. The first kappa shape index (κ1) is 15.9. The maximum absolute atomic E-state index is 11.8. The minimum Gasteiger partial charge on any atom is -0.377 e. The van der Waals surface area contributed by atoms with Crippen LogP contribution in [0.2, 0.25) is 10.0 Å². The summed E-state index contributed by atoms with van der Waals surface area (Å²) in [6.07, 6.45) is 2.97. The van der Waals surface area contributed by atoms with Gasteiger partial charge in [-0.05, 0) is 23.8 Å². The Labute approximate surface area is 135 Å². The predicted molar refractivity (Wildman–Crippen MR) is 84.7 cm³/mol. The number of rotatable bonds is 5. The number of halogens is 2. The van der Waals surface area contributed by atoms with Gasteiger partial charge in [-0.3, -0.25) is 10.1 Å². The molecule has 0 saturated heterocycles. The Morgan fingerprint density at radius 1 is 1.43 bits per heavy atom. The van der Waals surface area contributed by atoms with E-state index in [4.69, 9.17) is 27.9 Å². The highest BCUT2D eigenvalue weighted by Crippen LogP contribution is 2.22. The molecule has 0 spiro atoms. The minimum atomic E-state index is -0.318. The predicted octanol–water partition coefficient (Wildman–Crippen LogP) is 3.64. The number of amides is 1. The zero-order valence-corrected chi connectivity index (χ0v) is 13.3. The second-order valence-electron chi connectivity index (χ2n) is 3.92. The molecular formula is C13H11Cl2N3O2S. The molecule has 1 aromatic heterocycles. The summed E-state index contributed by atoms with van der Waals surface area (Å²) in [6, 6.07) is 5.05. The number of nitrogens with one attached hydrogen (secondary N) is 1. The molecule has 0 fully saturated rings. The number of aromatic nitrogens is 2. The van der Waals surface area contributed by atoms with Crippen LogP contribution in [0.25, 0.3) is 6.08 Å². The third kappa shape index (κ3) is 4.78. The van der Waals surface area contributed by atoms with E-state index in [2.05, 4.69) is 15.5 Å². The fraction of sp³-hybridized carbons (Fsp3) is 0.154. The van der Waals surface area contributed by atoms with Crippen molar-refractivity contribution < 1.29 is 9.53 Å². The molecule has 0 aliphatic heterocycles. The third-order valence-corrected chi connectivity index (χ3v) is 3.72. The number of benzene rings is 1. The van der Waals surface area contributed by atoms with Gasteiger partial charge in [0.1, 0.15) is 11.6 Å². The number of carbonyl (C=O) groups is 1. The molecular weight excluding hydrogens is 333 g/mol. The number of nitrogens with zero attached hydrogens (tertiary/aromatic N) is 2. The Balaban J connectivity index is 1.98. The Morgan fingerprint density at radius 2 is 2.24 bits per heavy atom. The lowest BCUT2D eigenvalue weighted by molar-refractivity contribution is -0.111. The fourth-order valence-electron chi connectivity index (χ4n) is 1.44. The number of methoxy groups -OCH3 is 1. The maximum Gasteiger partial charge on any atom is 0.250 e. The molecule has 0 atom stereocenters. The number of anilines is 1. The van der Waals surface area contributed by atoms with Gasteiger partial charge in [-0.1, -0.05) is 40.6 Å². The van der Waals surface area contributed by atoms with Gasteiger partial charge in [0.05, 0.1) is 0 Å². The van der Waals surface area contributed by atoms with Crippen molar-refractivity contribution in [1.82, 2.24) is 10.2 Å². The smallest absolute Gasteiger partial charge is 0.250 e. The molecule has 8 heteroatoms. The minimum absolute atomic E-state index is 0.318. The maximum atomic E-state index is 11.8. The van der Waals surface area contributed by atoms with Crippen LogP contribution in [0.15, 0.2) is 24.3 Å². The van der Waals surface area contributed by atoms with Crippen LogP contribution in [-0.4, -0.2) is 23.2 Å². The van der Waals surface area contributed by atoms with Crippen LogP contribution >= 0.6 is 34.5 Å². The average Bonchev–Trinajstić information content (AvgIpc) is 2.85. The molecule has 0 bridgehead atoms. The van der Waals surface area contributed by atoms with Crippen molar-refractivity contribution in [2.24, 2.45) is 0 Å². The van der Waals surface area contributed by atoms with Crippen molar-refractivity contribution in [3.63, 3.8) is 0 Å². The molecule has 1 N–H and O–H groups in total. The Hall–Kier alpha value is -1.47. The van der Waals surface area contributed by atoms with E-state index in [1.165, 1.54) is 17.4 Å². The second kappa shape index (κ2) is 7.51. The first-order valence-corrected chi connectivity index (χ1v) is 7.41. The molecule has 1 heterocycles. The van der Waals surface area contributed by atoms with Gasteiger partial charge in [-0.25, -0.2) is 0 Å². The van der Waals surface area contributed by atoms with E-state index in [1.807, 2.05) is 0 Å². The van der Waals surface area contributed by atoms with Crippen molar-refractivity contribution in [3.05, 3.63) is 44.9 Å². The second-order valence-corrected chi connectivity index (χ2v) is 5.83. The zero-order chi connectivity index (χ0) is 15.2. The van der Waals surface area contributed by atoms with Gasteiger partial charge in [0.15, 0.2) is 0 Å². The normalized spacial score (nSPS) is 11.0. The molecule has 0 saturated carbocycles. The van der Waals surface area contributed by atoms with E-state index < -0.39 is 0 Å². The van der Waals surface area contributed by atoms with Crippen molar-refractivity contribution in [2.75, 3.05) is 12.4 Å². The molecule has 21 heavy (non-hydrogen) atoms. The summed E-state index contributed by atoms with van der Waals surface area (Å²) in [5, 5.41) is 12.5. The molecule has 1 aromatic carbocycles. The van der Waals surface area contributed by atoms with Gasteiger partial charge in [-0.15, -0.1) is 10.2 Å². The van der Waals surface area contributed by atoms with E-state index >= 15 is 0 Å². The van der Waals surface area contributed by atoms with Gasteiger partial charge < -0.3 is 4.74 Å². The van der Waals surface area contributed by atoms with E-state index in [-0.39, 0.29) is 5.91 Å². The number of hydrogen-bond donors (Lipinski definition) is 1. The van der Waals surface area contributed by atoms with Gasteiger partial charge >= 0.3 is 0 Å². The van der Waals surface area contributed by atoms with E-state index in [0.717, 1.165) is 0 Å². The third-order valence-electron chi connectivity index (χ3n) is 2.34. The molecule has 1 amide bonds. The van der Waals surface area contributed by atoms with Crippen molar-refractivity contribution >= 4 is 51.7 Å². The average molecular weight is 344 g/mol. The van der Waals surface area contributed by atoms with E-state index in [0.29, 0.717) is 32.4 Å². The molecule has 0 aliphatic rings. The molecule has 0 radical (unpaired) electrons. The van der Waals surface area contributed by atoms with Gasteiger partial charge in [-0.2, -0.15) is 0 Å². The summed E-state index contributed by atoms with van der Waals surface area (Å²) >= 11 is 13.1. The highest BCUT2D eigenvalue weighted by molar-refractivity contribution is 7.15. The van der Waals surface area contributed by atoms with Crippen LogP contribution in [0.5, 0.6) is 0 Å². The van der Waals surface area contributed by atoms with Crippen LogP contribution in [0, 0.1) is 0 Å². The number of hydrogen-bond acceptors (Lipinski definition) is 5.